The SMILES string of the molecule is COc1ccc(Cl)cc1NC(=O)CC(C)=NNC(=O)c1cccnc1. The highest BCUT2D eigenvalue weighted by atomic mass is 35.5. The minimum absolute atomic E-state index is 0.00296. The third kappa shape index (κ3) is 5.58. The summed E-state index contributed by atoms with van der Waals surface area (Å²) in [6, 6.07) is 8.18. The molecule has 8 heteroatoms. The Hall–Kier alpha value is -2.93. The molecule has 2 rings (SSSR count). The zero-order valence-electron chi connectivity index (χ0n) is 13.7. The van der Waals surface area contributed by atoms with Gasteiger partial charge in [0.25, 0.3) is 5.91 Å². The summed E-state index contributed by atoms with van der Waals surface area (Å²) >= 11 is 5.92. The van der Waals surface area contributed by atoms with Crippen molar-refractivity contribution in [2.45, 2.75) is 13.3 Å². The molecule has 1 heterocycles. The van der Waals surface area contributed by atoms with E-state index in [9.17, 15) is 9.59 Å². The van der Waals surface area contributed by atoms with Gasteiger partial charge in [-0.2, -0.15) is 5.10 Å². The molecule has 0 spiro atoms. The van der Waals surface area contributed by atoms with E-state index in [4.69, 9.17) is 16.3 Å². The van der Waals surface area contributed by atoms with E-state index in [0.717, 1.165) is 0 Å². The van der Waals surface area contributed by atoms with E-state index in [1.54, 1.807) is 43.5 Å². The number of carbonyl (C=O) groups excluding carboxylic acids is 2. The highest BCUT2D eigenvalue weighted by Crippen LogP contribution is 2.27. The number of benzene rings is 1. The third-order valence-electron chi connectivity index (χ3n) is 3.12. The average molecular weight is 361 g/mol. The standard InChI is InChI=1S/C17H17ClN4O3/c1-11(21-22-17(24)12-4-3-7-19-10-12)8-16(23)20-14-9-13(18)5-6-15(14)25-2/h3-7,9-10H,8H2,1-2H3,(H,20,23)(H,22,24). The Labute approximate surface area is 150 Å². The largest absolute Gasteiger partial charge is 0.495 e. The molecule has 0 saturated carbocycles. The molecule has 0 aliphatic rings. The van der Waals surface area contributed by atoms with Gasteiger partial charge >= 0.3 is 0 Å². The van der Waals surface area contributed by atoms with Crippen LogP contribution in [0, 0.1) is 0 Å². The van der Waals surface area contributed by atoms with Gasteiger partial charge in [0.2, 0.25) is 5.91 Å². The number of amides is 2. The fraction of sp³-hybridized carbons (Fsp3) is 0.176. The first-order valence-corrected chi connectivity index (χ1v) is 7.74. The zero-order chi connectivity index (χ0) is 18.2. The first-order valence-electron chi connectivity index (χ1n) is 7.36. The van der Waals surface area contributed by atoms with Crippen LogP contribution in [0.4, 0.5) is 5.69 Å². The Balaban J connectivity index is 1.94. The number of methoxy groups -OCH3 is 1. The van der Waals surface area contributed by atoms with Crippen LogP contribution < -0.4 is 15.5 Å². The van der Waals surface area contributed by atoms with Gasteiger partial charge in [0, 0.05) is 23.1 Å². The predicted octanol–water partition coefficient (Wildman–Crippen LogP) is 2.88. The summed E-state index contributed by atoms with van der Waals surface area (Å²) in [6.45, 7) is 1.64. The van der Waals surface area contributed by atoms with Crippen LogP contribution in [0.2, 0.25) is 5.02 Å². The van der Waals surface area contributed by atoms with Crippen molar-refractivity contribution in [1.29, 1.82) is 0 Å². The number of hydrogen-bond acceptors (Lipinski definition) is 5. The van der Waals surface area contributed by atoms with Crippen molar-refractivity contribution in [2.24, 2.45) is 5.10 Å². The molecular formula is C17H17ClN4O3. The lowest BCUT2D eigenvalue weighted by molar-refractivity contribution is -0.115. The van der Waals surface area contributed by atoms with E-state index < -0.39 is 5.91 Å². The molecule has 2 N–H and O–H groups in total. The number of carbonyl (C=O) groups is 2. The number of hydrazone groups is 1. The molecule has 0 aliphatic heterocycles. The zero-order valence-corrected chi connectivity index (χ0v) is 14.5. The number of halogens is 1. The summed E-state index contributed by atoms with van der Waals surface area (Å²) in [5, 5.41) is 7.09. The van der Waals surface area contributed by atoms with Crippen LogP contribution >= 0.6 is 11.6 Å². The molecule has 130 valence electrons. The molecule has 2 amide bonds. The Morgan fingerprint density at radius 2 is 2.12 bits per heavy atom. The Morgan fingerprint density at radius 3 is 2.80 bits per heavy atom. The van der Waals surface area contributed by atoms with Gasteiger partial charge in [-0.05, 0) is 37.3 Å². The second kappa shape index (κ2) is 8.79. The monoisotopic (exact) mass is 360 g/mol. The topological polar surface area (TPSA) is 92.7 Å². The molecule has 0 fully saturated rings. The number of hydrogen-bond donors (Lipinski definition) is 2. The average Bonchev–Trinajstić information content (AvgIpc) is 2.60. The maximum atomic E-state index is 12.1. The molecule has 25 heavy (non-hydrogen) atoms. The van der Waals surface area contributed by atoms with Crippen LogP contribution in [-0.4, -0.2) is 29.6 Å². The molecule has 0 saturated heterocycles. The number of rotatable bonds is 6. The third-order valence-corrected chi connectivity index (χ3v) is 3.36. The summed E-state index contributed by atoms with van der Waals surface area (Å²) in [6.07, 6.45) is 3.00. The number of ether oxygens (including phenoxy) is 1. The normalized spacial score (nSPS) is 10.9. The van der Waals surface area contributed by atoms with Crippen LogP contribution in [0.5, 0.6) is 5.75 Å². The first kappa shape index (κ1) is 18.4. The molecular weight excluding hydrogens is 344 g/mol. The maximum absolute atomic E-state index is 12.1. The minimum atomic E-state index is -0.399. The van der Waals surface area contributed by atoms with Crippen LogP contribution in [0.3, 0.4) is 0 Å². The van der Waals surface area contributed by atoms with Gasteiger partial charge in [0.1, 0.15) is 5.75 Å². The molecule has 0 bridgehead atoms. The number of anilines is 1. The Kier molecular flexibility index (Phi) is 6.47. The fourth-order valence-electron chi connectivity index (χ4n) is 1.95. The van der Waals surface area contributed by atoms with Gasteiger partial charge in [0.05, 0.1) is 24.8 Å². The van der Waals surface area contributed by atoms with Crippen molar-refractivity contribution in [3.8, 4) is 5.75 Å². The number of pyridine rings is 1. The van der Waals surface area contributed by atoms with Gasteiger partial charge in [0.15, 0.2) is 0 Å². The predicted molar refractivity (Wildman–Crippen MR) is 96.1 cm³/mol. The number of aromatic nitrogens is 1. The molecule has 1 aromatic heterocycles. The lowest BCUT2D eigenvalue weighted by atomic mass is 10.2. The van der Waals surface area contributed by atoms with Gasteiger partial charge in [-0.25, -0.2) is 5.43 Å². The van der Waals surface area contributed by atoms with Crippen molar-refractivity contribution in [2.75, 3.05) is 12.4 Å². The Morgan fingerprint density at radius 1 is 1.32 bits per heavy atom. The van der Waals surface area contributed by atoms with E-state index in [1.807, 2.05) is 0 Å². The smallest absolute Gasteiger partial charge is 0.272 e. The van der Waals surface area contributed by atoms with Crippen LogP contribution in [0.1, 0.15) is 23.7 Å². The van der Waals surface area contributed by atoms with Crippen molar-refractivity contribution in [3.63, 3.8) is 0 Å². The lowest BCUT2D eigenvalue weighted by Crippen LogP contribution is -2.21. The highest BCUT2D eigenvalue weighted by Gasteiger charge is 2.10. The van der Waals surface area contributed by atoms with Crippen LogP contribution in [-0.2, 0) is 4.79 Å². The van der Waals surface area contributed by atoms with Crippen molar-refractivity contribution in [3.05, 3.63) is 53.3 Å². The number of nitrogens with zero attached hydrogens (tertiary/aromatic N) is 2. The summed E-state index contributed by atoms with van der Waals surface area (Å²) in [5.41, 5.74) is 3.67. The van der Waals surface area contributed by atoms with Crippen molar-refractivity contribution >= 4 is 34.8 Å². The van der Waals surface area contributed by atoms with E-state index in [2.05, 4.69) is 20.8 Å². The lowest BCUT2D eigenvalue weighted by Gasteiger charge is -2.10. The maximum Gasteiger partial charge on any atom is 0.272 e. The van der Waals surface area contributed by atoms with E-state index in [0.29, 0.717) is 27.7 Å². The van der Waals surface area contributed by atoms with Gasteiger partial charge in [-0.3, -0.25) is 14.6 Å². The molecule has 0 unspecified atom stereocenters. The molecule has 0 atom stereocenters. The summed E-state index contributed by atoms with van der Waals surface area (Å²) in [7, 11) is 1.50. The first-order chi connectivity index (χ1) is 12.0. The molecule has 0 aliphatic carbocycles. The van der Waals surface area contributed by atoms with Crippen LogP contribution in [0.15, 0.2) is 47.8 Å². The van der Waals surface area contributed by atoms with Crippen molar-refractivity contribution in [1.82, 2.24) is 10.4 Å². The quantitative estimate of drug-likeness (QED) is 0.612. The Bertz CT molecular complexity index is 794. The highest BCUT2D eigenvalue weighted by molar-refractivity contribution is 6.31. The summed E-state index contributed by atoms with van der Waals surface area (Å²) in [5.74, 6) is -0.209. The summed E-state index contributed by atoms with van der Waals surface area (Å²) in [4.78, 5) is 27.8. The van der Waals surface area contributed by atoms with E-state index in [-0.39, 0.29) is 12.3 Å². The second-order valence-electron chi connectivity index (χ2n) is 5.10. The molecule has 0 radical (unpaired) electrons. The van der Waals surface area contributed by atoms with Crippen molar-refractivity contribution < 1.29 is 14.3 Å². The fourth-order valence-corrected chi connectivity index (χ4v) is 2.12. The van der Waals surface area contributed by atoms with E-state index >= 15 is 0 Å². The number of nitrogens with one attached hydrogen (secondary N) is 2. The minimum Gasteiger partial charge on any atom is -0.495 e. The molecule has 7 nitrogen and oxygen atoms in total. The molecule has 1 aromatic carbocycles. The molecule has 2 aromatic rings. The second-order valence-corrected chi connectivity index (χ2v) is 5.54. The van der Waals surface area contributed by atoms with Gasteiger partial charge < -0.3 is 10.1 Å². The van der Waals surface area contributed by atoms with Gasteiger partial charge in [-0.1, -0.05) is 11.6 Å². The van der Waals surface area contributed by atoms with Gasteiger partial charge in [-0.15, -0.1) is 0 Å². The summed E-state index contributed by atoms with van der Waals surface area (Å²) < 4.78 is 5.17. The van der Waals surface area contributed by atoms with E-state index in [1.165, 1.54) is 13.3 Å². The van der Waals surface area contributed by atoms with Crippen LogP contribution in [0.25, 0.3) is 0 Å².